The van der Waals surface area contributed by atoms with Crippen molar-refractivity contribution < 1.29 is 14.3 Å². The summed E-state index contributed by atoms with van der Waals surface area (Å²) in [5.74, 6) is 0.148. The topological polar surface area (TPSA) is 67.4 Å². The summed E-state index contributed by atoms with van der Waals surface area (Å²) in [5, 5.41) is 5.34. The molecule has 0 saturated carbocycles. The highest BCUT2D eigenvalue weighted by molar-refractivity contribution is 9.10. The molecule has 2 N–H and O–H groups in total. The average molecular weight is 375 g/mol. The largest absolute Gasteiger partial charge is 0.480 e. The molecule has 2 amide bonds. The Morgan fingerprint density at radius 3 is 2.65 bits per heavy atom. The van der Waals surface area contributed by atoms with Crippen LogP contribution in [0.1, 0.15) is 5.56 Å². The molecule has 0 aromatic heterocycles. The van der Waals surface area contributed by atoms with Crippen LogP contribution in [-0.4, -0.2) is 24.5 Å². The SMILES string of the molecule is O=C(CNC(=O)[C@@H]1Cc2ccccc2O1)Nc1ccccc1Br. The Hall–Kier alpha value is -2.34. The van der Waals surface area contributed by atoms with Gasteiger partial charge in [0.2, 0.25) is 5.91 Å². The molecule has 0 spiro atoms. The van der Waals surface area contributed by atoms with Crippen molar-refractivity contribution in [3.05, 3.63) is 58.6 Å². The second-order valence-electron chi connectivity index (χ2n) is 5.16. The molecule has 0 saturated heterocycles. The van der Waals surface area contributed by atoms with E-state index in [0.717, 1.165) is 15.8 Å². The first kappa shape index (κ1) is 15.6. The lowest BCUT2D eigenvalue weighted by atomic mass is 10.1. The number of hydrogen-bond acceptors (Lipinski definition) is 3. The Morgan fingerprint density at radius 1 is 1.13 bits per heavy atom. The fraction of sp³-hybridized carbons (Fsp3) is 0.176. The van der Waals surface area contributed by atoms with Gasteiger partial charge in [-0.05, 0) is 39.7 Å². The van der Waals surface area contributed by atoms with Crippen molar-refractivity contribution in [3.63, 3.8) is 0 Å². The van der Waals surface area contributed by atoms with Gasteiger partial charge in [0.25, 0.3) is 5.91 Å². The lowest BCUT2D eigenvalue weighted by Crippen LogP contribution is -2.41. The fourth-order valence-electron chi connectivity index (χ4n) is 2.37. The highest BCUT2D eigenvalue weighted by atomic mass is 79.9. The van der Waals surface area contributed by atoms with Crippen LogP contribution >= 0.6 is 15.9 Å². The quantitative estimate of drug-likeness (QED) is 0.863. The molecule has 0 fully saturated rings. The van der Waals surface area contributed by atoms with E-state index in [1.54, 1.807) is 6.07 Å². The summed E-state index contributed by atoms with van der Waals surface area (Å²) < 4.78 is 6.37. The summed E-state index contributed by atoms with van der Waals surface area (Å²) in [5.41, 5.74) is 1.67. The summed E-state index contributed by atoms with van der Waals surface area (Å²) >= 11 is 3.35. The van der Waals surface area contributed by atoms with Crippen LogP contribution in [0.5, 0.6) is 5.75 Å². The standard InChI is InChI=1S/C17H15BrN2O3/c18-12-6-2-3-7-13(12)20-16(21)10-19-17(22)15-9-11-5-1-4-8-14(11)23-15/h1-8,15H,9-10H2,(H,19,22)(H,20,21)/t15-/m0/s1. The molecule has 6 heteroatoms. The molecule has 2 aromatic carbocycles. The molecule has 0 unspecified atom stereocenters. The molecule has 1 aliphatic heterocycles. The maximum atomic E-state index is 12.1. The van der Waals surface area contributed by atoms with Gasteiger partial charge in [0.1, 0.15) is 5.75 Å². The van der Waals surface area contributed by atoms with E-state index in [1.807, 2.05) is 42.5 Å². The molecule has 1 aliphatic rings. The summed E-state index contributed by atoms with van der Waals surface area (Å²) in [7, 11) is 0. The monoisotopic (exact) mass is 374 g/mol. The third-order valence-electron chi connectivity index (χ3n) is 3.51. The van der Waals surface area contributed by atoms with Gasteiger partial charge in [-0.3, -0.25) is 9.59 Å². The number of carbonyl (C=O) groups excluding carboxylic acids is 2. The van der Waals surface area contributed by atoms with Crippen molar-refractivity contribution >= 4 is 33.4 Å². The van der Waals surface area contributed by atoms with Crippen molar-refractivity contribution in [1.82, 2.24) is 5.32 Å². The summed E-state index contributed by atoms with van der Waals surface area (Å²) in [4.78, 5) is 24.0. The van der Waals surface area contributed by atoms with Crippen LogP contribution in [0.2, 0.25) is 0 Å². The molecule has 118 valence electrons. The third kappa shape index (κ3) is 3.71. The van der Waals surface area contributed by atoms with Crippen LogP contribution in [0, 0.1) is 0 Å². The van der Waals surface area contributed by atoms with Gasteiger partial charge in [-0.2, -0.15) is 0 Å². The maximum Gasteiger partial charge on any atom is 0.261 e. The Bertz CT molecular complexity index is 723. The molecule has 1 heterocycles. The number of rotatable bonds is 4. The zero-order chi connectivity index (χ0) is 16.2. The van der Waals surface area contributed by atoms with Crippen molar-refractivity contribution in [1.29, 1.82) is 0 Å². The van der Waals surface area contributed by atoms with Gasteiger partial charge in [0.05, 0.1) is 12.2 Å². The normalized spacial score (nSPS) is 15.4. The second-order valence-corrected chi connectivity index (χ2v) is 6.02. The first-order valence-corrected chi connectivity index (χ1v) is 7.99. The minimum absolute atomic E-state index is 0.101. The second kappa shape index (κ2) is 6.83. The molecule has 2 aromatic rings. The number of halogens is 1. The number of hydrogen-bond donors (Lipinski definition) is 2. The number of ether oxygens (including phenoxy) is 1. The first-order chi connectivity index (χ1) is 11.1. The number of amides is 2. The van der Waals surface area contributed by atoms with Crippen LogP contribution in [0.3, 0.4) is 0 Å². The van der Waals surface area contributed by atoms with Crippen molar-refractivity contribution in [2.24, 2.45) is 0 Å². The first-order valence-electron chi connectivity index (χ1n) is 7.20. The smallest absolute Gasteiger partial charge is 0.261 e. The van der Waals surface area contributed by atoms with E-state index < -0.39 is 6.10 Å². The number of anilines is 1. The van der Waals surface area contributed by atoms with Crippen LogP contribution in [-0.2, 0) is 16.0 Å². The fourth-order valence-corrected chi connectivity index (χ4v) is 2.75. The van der Waals surface area contributed by atoms with E-state index in [2.05, 4.69) is 26.6 Å². The number of benzene rings is 2. The molecular formula is C17H15BrN2O3. The number of nitrogens with one attached hydrogen (secondary N) is 2. The van der Waals surface area contributed by atoms with Gasteiger partial charge in [-0.25, -0.2) is 0 Å². The van der Waals surface area contributed by atoms with Gasteiger partial charge in [0, 0.05) is 10.9 Å². The minimum atomic E-state index is -0.580. The van der Waals surface area contributed by atoms with E-state index in [0.29, 0.717) is 12.1 Å². The molecule has 0 bridgehead atoms. The number of fused-ring (bicyclic) bond motifs is 1. The van der Waals surface area contributed by atoms with Crippen molar-refractivity contribution in [2.45, 2.75) is 12.5 Å². The number of carbonyl (C=O) groups is 2. The van der Waals surface area contributed by atoms with Crippen LogP contribution in [0.15, 0.2) is 53.0 Å². The Morgan fingerprint density at radius 2 is 1.87 bits per heavy atom. The van der Waals surface area contributed by atoms with Crippen molar-refractivity contribution in [3.8, 4) is 5.75 Å². The third-order valence-corrected chi connectivity index (χ3v) is 4.20. The maximum absolute atomic E-state index is 12.1. The summed E-state index contributed by atoms with van der Waals surface area (Å²) in [6, 6.07) is 14.8. The molecule has 3 rings (SSSR count). The van der Waals surface area contributed by atoms with Crippen LogP contribution < -0.4 is 15.4 Å². The van der Waals surface area contributed by atoms with E-state index in [4.69, 9.17) is 4.74 Å². The molecular weight excluding hydrogens is 360 g/mol. The zero-order valence-electron chi connectivity index (χ0n) is 12.2. The van der Waals surface area contributed by atoms with Gasteiger partial charge < -0.3 is 15.4 Å². The van der Waals surface area contributed by atoms with Gasteiger partial charge in [0.15, 0.2) is 6.10 Å². The van der Waals surface area contributed by atoms with Gasteiger partial charge in [-0.1, -0.05) is 30.3 Å². The molecule has 5 nitrogen and oxygen atoms in total. The summed E-state index contributed by atoms with van der Waals surface area (Å²) in [6.45, 7) is -0.101. The van der Waals surface area contributed by atoms with E-state index in [9.17, 15) is 9.59 Å². The Kier molecular flexibility index (Phi) is 4.62. The lowest BCUT2D eigenvalue weighted by molar-refractivity contribution is -0.129. The Labute approximate surface area is 142 Å². The molecule has 0 aliphatic carbocycles. The lowest BCUT2D eigenvalue weighted by Gasteiger charge is -2.12. The highest BCUT2D eigenvalue weighted by Crippen LogP contribution is 2.28. The summed E-state index contributed by atoms with van der Waals surface area (Å²) in [6.07, 6.45) is -0.0583. The predicted octanol–water partition coefficient (Wildman–Crippen LogP) is 2.51. The van der Waals surface area contributed by atoms with Gasteiger partial charge in [-0.15, -0.1) is 0 Å². The van der Waals surface area contributed by atoms with Crippen LogP contribution in [0.25, 0.3) is 0 Å². The average Bonchev–Trinajstić information content (AvgIpc) is 2.99. The van der Waals surface area contributed by atoms with E-state index in [1.165, 1.54) is 0 Å². The molecule has 1 atom stereocenters. The molecule has 23 heavy (non-hydrogen) atoms. The Balaban J connectivity index is 1.50. The minimum Gasteiger partial charge on any atom is -0.480 e. The van der Waals surface area contributed by atoms with Gasteiger partial charge >= 0.3 is 0 Å². The highest BCUT2D eigenvalue weighted by Gasteiger charge is 2.28. The predicted molar refractivity (Wildman–Crippen MR) is 90.3 cm³/mol. The van der Waals surface area contributed by atoms with Crippen molar-refractivity contribution in [2.75, 3.05) is 11.9 Å². The molecule has 0 radical (unpaired) electrons. The van der Waals surface area contributed by atoms with E-state index >= 15 is 0 Å². The number of para-hydroxylation sites is 2. The van der Waals surface area contributed by atoms with Crippen LogP contribution in [0.4, 0.5) is 5.69 Å². The van der Waals surface area contributed by atoms with E-state index in [-0.39, 0.29) is 18.4 Å². The zero-order valence-corrected chi connectivity index (χ0v) is 13.8.